The SMILES string of the molecule is ClCc1ccc(Oc2ccc(Cl)cc2Br)cc1. The van der Waals surface area contributed by atoms with E-state index >= 15 is 0 Å². The first-order valence-electron chi connectivity index (χ1n) is 4.97. The molecule has 0 aromatic heterocycles. The van der Waals surface area contributed by atoms with Crippen molar-refractivity contribution in [3.63, 3.8) is 0 Å². The third-order valence-corrected chi connectivity index (χ3v) is 3.36. The van der Waals surface area contributed by atoms with Gasteiger partial charge >= 0.3 is 0 Å². The van der Waals surface area contributed by atoms with E-state index < -0.39 is 0 Å². The topological polar surface area (TPSA) is 9.23 Å². The van der Waals surface area contributed by atoms with E-state index in [1.165, 1.54) is 0 Å². The zero-order valence-corrected chi connectivity index (χ0v) is 11.9. The van der Waals surface area contributed by atoms with E-state index in [4.69, 9.17) is 27.9 Å². The van der Waals surface area contributed by atoms with Crippen LogP contribution in [0.2, 0.25) is 5.02 Å². The fourth-order valence-electron chi connectivity index (χ4n) is 1.33. The molecule has 0 heterocycles. The summed E-state index contributed by atoms with van der Waals surface area (Å²) in [5.41, 5.74) is 1.06. The third-order valence-electron chi connectivity index (χ3n) is 2.20. The van der Waals surface area contributed by atoms with Crippen molar-refractivity contribution in [2.24, 2.45) is 0 Å². The van der Waals surface area contributed by atoms with Gasteiger partial charge in [0.2, 0.25) is 0 Å². The lowest BCUT2D eigenvalue weighted by atomic mass is 10.2. The predicted octanol–water partition coefficient (Wildman–Crippen LogP) is 5.63. The fraction of sp³-hybridized carbons (Fsp3) is 0.0769. The highest BCUT2D eigenvalue weighted by atomic mass is 79.9. The molecule has 0 N–H and O–H groups in total. The Kier molecular flexibility index (Phi) is 4.32. The summed E-state index contributed by atoms with van der Waals surface area (Å²) in [4.78, 5) is 0. The van der Waals surface area contributed by atoms with Crippen LogP contribution in [0.4, 0.5) is 0 Å². The second kappa shape index (κ2) is 5.76. The molecule has 0 spiro atoms. The first-order valence-corrected chi connectivity index (χ1v) is 6.67. The highest BCUT2D eigenvalue weighted by Crippen LogP contribution is 2.31. The summed E-state index contributed by atoms with van der Waals surface area (Å²) < 4.78 is 6.54. The second-order valence-corrected chi connectivity index (χ2v) is 5.01. The van der Waals surface area contributed by atoms with Gasteiger partial charge in [0.25, 0.3) is 0 Å². The number of hydrogen-bond acceptors (Lipinski definition) is 1. The summed E-state index contributed by atoms with van der Waals surface area (Å²) in [6.45, 7) is 0. The maximum absolute atomic E-state index is 5.86. The van der Waals surface area contributed by atoms with Crippen molar-refractivity contribution >= 4 is 39.1 Å². The summed E-state index contributed by atoms with van der Waals surface area (Å²) in [6, 6.07) is 13.1. The van der Waals surface area contributed by atoms with Gasteiger partial charge in [-0.05, 0) is 51.8 Å². The summed E-state index contributed by atoms with van der Waals surface area (Å²) >= 11 is 15.0. The molecule has 0 atom stereocenters. The lowest BCUT2D eigenvalue weighted by molar-refractivity contribution is 0.479. The molecule has 88 valence electrons. The Bertz CT molecular complexity index is 511. The molecule has 0 radical (unpaired) electrons. The molecule has 4 heteroatoms. The molecule has 0 bridgehead atoms. The van der Waals surface area contributed by atoms with Gasteiger partial charge in [0, 0.05) is 10.9 Å². The van der Waals surface area contributed by atoms with E-state index in [2.05, 4.69) is 15.9 Å². The Labute approximate surface area is 118 Å². The molecule has 0 aliphatic rings. The number of benzene rings is 2. The Morgan fingerprint density at radius 3 is 2.35 bits per heavy atom. The summed E-state index contributed by atoms with van der Waals surface area (Å²) in [6.07, 6.45) is 0. The van der Waals surface area contributed by atoms with Crippen LogP contribution in [0.25, 0.3) is 0 Å². The molecule has 0 aliphatic heterocycles. The smallest absolute Gasteiger partial charge is 0.141 e. The van der Waals surface area contributed by atoms with Crippen LogP contribution < -0.4 is 4.74 Å². The van der Waals surface area contributed by atoms with Crippen molar-refractivity contribution in [3.05, 3.63) is 57.5 Å². The summed E-state index contributed by atoms with van der Waals surface area (Å²) in [7, 11) is 0. The van der Waals surface area contributed by atoms with Crippen LogP contribution in [0, 0.1) is 0 Å². The van der Waals surface area contributed by atoms with Crippen LogP contribution >= 0.6 is 39.1 Å². The van der Waals surface area contributed by atoms with Gasteiger partial charge in [-0.25, -0.2) is 0 Å². The Balaban J connectivity index is 2.19. The largest absolute Gasteiger partial charge is 0.456 e. The summed E-state index contributed by atoms with van der Waals surface area (Å²) in [5, 5.41) is 0.668. The van der Waals surface area contributed by atoms with Crippen molar-refractivity contribution < 1.29 is 4.74 Å². The number of hydrogen-bond donors (Lipinski definition) is 0. The third kappa shape index (κ3) is 3.38. The Morgan fingerprint density at radius 2 is 1.76 bits per heavy atom. The Hall–Kier alpha value is -0.700. The molecule has 0 fully saturated rings. The van der Waals surface area contributed by atoms with Gasteiger partial charge in [0.05, 0.1) is 4.47 Å². The minimum atomic E-state index is 0.505. The monoisotopic (exact) mass is 330 g/mol. The predicted molar refractivity (Wildman–Crippen MR) is 75.2 cm³/mol. The van der Waals surface area contributed by atoms with Crippen molar-refractivity contribution in [3.8, 4) is 11.5 Å². The lowest BCUT2D eigenvalue weighted by Crippen LogP contribution is -1.86. The van der Waals surface area contributed by atoms with Gasteiger partial charge in [0.1, 0.15) is 11.5 Å². The van der Waals surface area contributed by atoms with Crippen LogP contribution in [0.15, 0.2) is 46.9 Å². The molecular formula is C13H9BrCl2O. The van der Waals surface area contributed by atoms with E-state index in [1.54, 1.807) is 12.1 Å². The quantitative estimate of drug-likeness (QED) is 0.662. The molecular weight excluding hydrogens is 323 g/mol. The van der Waals surface area contributed by atoms with Crippen LogP contribution in [-0.2, 0) is 5.88 Å². The standard InChI is InChI=1S/C13H9BrCl2O/c14-12-7-10(16)3-6-13(12)17-11-4-1-9(8-15)2-5-11/h1-7H,8H2. The van der Waals surface area contributed by atoms with Crippen molar-refractivity contribution in [1.29, 1.82) is 0 Å². The molecule has 0 aliphatic carbocycles. The average molecular weight is 332 g/mol. The molecule has 0 amide bonds. The fourth-order valence-corrected chi connectivity index (χ4v) is 2.27. The second-order valence-electron chi connectivity index (χ2n) is 3.45. The van der Waals surface area contributed by atoms with E-state index in [-0.39, 0.29) is 0 Å². The number of halogens is 3. The molecule has 2 aromatic rings. The van der Waals surface area contributed by atoms with E-state index in [0.717, 1.165) is 21.5 Å². The van der Waals surface area contributed by atoms with Crippen molar-refractivity contribution in [2.45, 2.75) is 5.88 Å². The molecule has 2 aromatic carbocycles. The van der Waals surface area contributed by atoms with Crippen LogP contribution in [-0.4, -0.2) is 0 Å². The zero-order chi connectivity index (χ0) is 12.3. The molecule has 0 saturated heterocycles. The first kappa shape index (κ1) is 12.7. The van der Waals surface area contributed by atoms with Gasteiger partial charge < -0.3 is 4.74 Å². The van der Waals surface area contributed by atoms with Crippen LogP contribution in [0.1, 0.15) is 5.56 Å². The van der Waals surface area contributed by atoms with Crippen molar-refractivity contribution in [1.82, 2.24) is 0 Å². The van der Waals surface area contributed by atoms with E-state index in [9.17, 15) is 0 Å². The van der Waals surface area contributed by atoms with Crippen molar-refractivity contribution in [2.75, 3.05) is 0 Å². The molecule has 17 heavy (non-hydrogen) atoms. The van der Waals surface area contributed by atoms with Crippen LogP contribution in [0.3, 0.4) is 0 Å². The number of alkyl halides is 1. The first-order chi connectivity index (χ1) is 8.19. The number of ether oxygens (including phenoxy) is 1. The van der Waals surface area contributed by atoms with Gasteiger partial charge in [-0.2, -0.15) is 0 Å². The van der Waals surface area contributed by atoms with Gasteiger partial charge in [-0.15, -0.1) is 11.6 Å². The van der Waals surface area contributed by atoms with E-state index in [1.807, 2.05) is 30.3 Å². The Morgan fingerprint density at radius 1 is 1.06 bits per heavy atom. The molecule has 0 unspecified atom stereocenters. The highest BCUT2D eigenvalue weighted by Gasteiger charge is 2.03. The van der Waals surface area contributed by atoms with Gasteiger partial charge in [-0.3, -0.25) is 0 Å². The number of rotatable bonds is 3. The zero-order valence-electron chi connectivity index (χ0n) is 8.79. The molecule has 1 nitrogen and oxygen atoms in total. The van der Waals surface area contributed by atoms with E-state index in [0.29, 0.717) is 10.9 Å². The minimum absolute atomic E-state index is 0.505. The molecule has 0 saturated carbocycles. The lowest BCUT2D eigenvalue weighted by Gasteiger charge is -2.08. The molecule has 2 rings (SSSR count). The maximum atomic E-state index is 5.86. The minimum Gasteiger partial charge on any atom is -0.456 e. The average Bonchev–Trinajstić information content (AvgIpc) is 2.34. The van der Waals surface area contributed by atoms with Gasteiger partial charge in [-0.1, -0.05) is 23.7 Å². The normalized spacial score (nSPS) is 10.3. The highest BCUT2D eigenvalue weighted by molar-refractivity contribution is 9.10. The van der Waals surface area contributed by atoms with Gasteiger partial charge in [0.15, 0.2) is 0 Å². The van der Waals surface area contributed by atoms with Crippen LogP contribution in [0.5, 0.6) is 11.5 Å². The maximum Gasteiger partial charge on any atom is 0.141 e. The summed E-state index contributed by atoms with van der Waals surface area (Å²) in [5.74, 6) is 2.00.